The Hall–Kier alpha value is -4.13. The Morgan fingerprint density at radius 2 is 1.37 bits per heavy atom. The zero-order valence-electron chi connectivity index (χ0n) is 29.6. The number of piperidine rings is 1. The maximum Gasteiger partial charge on any atom is 0.254 e. The number of piperazine rings is 1. The fraction of sp³-hybridized carbons (Fsp3) is 0.419. The van der Waals surface area contributed by atoms with Crippen LogP contribution in [-0.4, -0.2) is 73.0 Å². The lowest BCUT2D eigenvalue weighted by molar-refractivity contribution is 0.0543. The summed E-state index contributed by atoms with van der Waals surface area (Å²) in [6, 6.07) is 36.4. The number of unbranched alkanes of at least 4 members (excludes halogenated alkanes) is 2. The van der Waals surface area contributed by atoms with Gasteiger partial charge in [0, 0.05) is 69.7 Å². The predicted octanol–water partition coefficient (Wildman–Crippen LogP) is 8.06. The summed E-state index contributed by atoms with van der Waals surface area (Å²) in [7, 11) is 2.19. The first kappa shape index (κ1) is 34.7. The van der Waals surface area contributed by atoms with Crippen LogP contribution in [0.25, 0.3) is 0 Å². The summed E-state index contributed by atoms with van der Waals surface area (Å²) in [5, 5.41) is 0. The molecule has 49 heavy (non-hydrogen) atoms. The topological polar surface area (TPSA) is 39.3 Å². The van der Waals surface area contributed by atoms with Gasteiger partial charge in [-0.3, -0.25) is 9.69 Å². The molecule has 6 heteroatoms. The third-order valence-corrected chi connectivity index (χ3v) is 10.3. The first-order valence-electron chi connectivity index (χ1n) is 18.4. The molecule has 0 spiro atoms. The van der Waals surface area contributed by atoms with E-state index in [4.69, 9.17) is 4.74 Å². The summed E-state index contributed by atoms with van der Waals surface area (Å²) in [4.78, 5) is 23.7. The Morgan fingerprint density at radius 1 is 0.714 bits per heavy atom. The van der Waals surface area contributed by atoms with Gasteiger partial charge in [0.25, 0.3) is 5.91 Å². The molecule has 0 unspecified atom stereocenters. The Balaban J connectivity index is 1.08. The maximum absolute atomic E-state index is 14.2. The van der Waals surface area contributed by atoms with E-state index in [0.29, 0.717) is 13.2 Å². The minimum absolute atomic E-state index is 0.146. The van der Waals surface area contributed by atoms with Crippen molar-refractivity contribution in [2.45, 2.75) is 71.2 Å². The standard InChI is InChI=1S/C43H54N4O2/c1-3-4-6-9-35-12-18-39(19-13-35)43(48)47(33-37-14-20-40(21-15-37)46-30-28-44(2)29-31-46)41-24-26-45(27-25-41)32-36-16-22-42(23-17-36)49-34-38-10-7-5-8-11-38/h5,7-8,10-23,41H,3-4,6,9,24-34H2,1-2H3. The van der Waals surface area contributed by atoms with Crippen LogP contribution in [0.4, 0.5) is 5.69 Å². The molecule has 0 bridgehead atoms. The van der Waals surface area contributed by atoms with Gasteiger partial charge in [-0.15, -0.1) is 0 Å². The second kappa shape index (κ2) is 17.5. The molecular weight excluding hydrogens is 604 g/mol. The number of carbonyl (C=O) groups excluding carboxylic acids is 1. The van der Waals surface area contributed by atoms with Crippen molar-refractivity contribution in [3.05, 3.63) is 131 Å². The summed E-state index contributed by atoms with van der Waals surface area (Å²) in [6.45, 7) is 10.6. The highest BCUT2D eigenvalue weighted by atomic mass is 16.5. The molecule has 1 amide bonds. The number of likely N-dealkylation sites (N-methyl/N-ethyl adjacent to an activating group) is 1. The van der Waals surface area contributed by atoms with Crippen LogP contribution in [0.3, 0.4) is 0 Å². The number of likely N-dealkylation sites (tertiary alicyclic amines) is 1. The molecule has 0 atom stereocenters. The van der Waals surface area contributed by atoms with Crippen molar-refractivity contribution in [1.82, 2.24) is 14.7 Å². The normalized spacial score (nSPS) is 16.1. The van der Waals surface area contributed by atoms with Crippen LogP contribution in [0.15, 0.2) is 103 Å². The van der Waals surface area contributed by atoms with Crippen LogP contribution in [-0.2, 0) is 26.1 Å². The minimum atomic E-state index is 0.146. The van der Waals surface area contributed by atoms with E-state index >= 15 is 0 Å². The van der Waals surface area contributed by atoms with E-state index in [1.165, 1.54) is 47.2 Å². The molecule has 0 saturated carbocycles. The number of carbonyl (C=O) groups is 1. The second-order valence-corrected chi connectivity index (χ2v) is 14.0. The van der Waals surface area contributed by atoms with Gasteiger partial charge in [-0.05, 0) is 91.4 Å². The molecule has 0 radical (unpaired) electrons. The molecule has 4 aromatic carbocycles. The van der Waals surface area contributed by atoms with Gasteiger partial charge in [-0.1, -0.05) is 86.5 Å². The molecule has 2 aliphatic heterocycles. The summed E-state index contributed by atoms with van der Waals surface area (Å²) >= 11 is 0. The van der Waals surface area contributed by atoms with Gasteiger partial charge in [0.2, 0.25) is 0 Å². The number of hydrogen-bond donors (Lipinski definition) is 0. The van der Waals surface area contributed by atoms with Crippen molar-refractivity contribution >= 4 is 11.6 Å². The molecule has 0 aromatic heterocycles. The van der Waals surface area contributed by atoms with Crippen LogP contribution in [0, 0.1) is 0 Å². The molecule has 2 heterocycles. The molecule has 258 valence electrons. The Labute approximate surface area is 294 Å². The lowest BCUT2D eigenvalue weighted by Gasteiger charge is -2.39. The van der Waals surface area contributed by atoms with Gasteiger partial charge in [-0.2, -0.15) is 0 Å². The summed E-state index contributed by atoms with van der Waals surface area (Å²) in [5.41, 5.74) is 7.05. The van der Waals surface area contributed by atoms with Crippen LogP contribution >= 0.6 is 0 Å². The molecule has 6 rings (SSSR count). The zero-order valence-corrected chi connectivity index (χ0v) is 29.6. The molecular formula is C43H54N4O2. The van der Waals surface area contributed by atoms with E-state index in [1.54, 1.807) is 0 Å². The Morgan fingerprint density at radius 3 is 2.04 bits per heavy atom. The SMILES string of the molecule is CCCCCc1ccc(C(=O)N(Cc2ccc(N3CCN(C)CC3)cc2)C2CCN(Cc3ccc(OCc4ccccc4)cc3)CC2)cc1. The average Bonchev–Trinajstić information content (AvgIpc) is 3.15. The largest absolute Gasteiger partial charge is 0.489 e. The highest BCUT2D eigenvalue weighted by Crippen LogP contribution is 2.25. The third-order valence-electron chi connectivity index (χ3n) is 10.3. The number of aryl methyl sites for hydroxylation is 1. The van der Waals surface area contributed by atoms with Crippen molar-refractivity contribution in [2.75, 3.05) is 51.2 Å². The van der Waals surface area contributed by atoms with E-state index in [1.807, 2.05) is 18.2 Å². The maximum atomic E-state index is 14.2. The second-order valence-electron chi connectivity index (χ2n) is 14.0. The van der Waals surface area contributed by atoms with Crippen LogP contribution < -0.4 is 9.64 Å². The van der Waals surface area contributed by atoms with Gasteiger partial charge in [0.05, 0.1) is 0 Å². The number of nitrogens with zero attached hydrogens (tertiary/aromatic N) is 4. The van der Waals surface area contributed by atoms with E-state index in [9.17, 15) is 4.79 Å². The van der Waals surface area contributed by atoms with Crippen molar-refractivity contribution < 1.29 is 9.53 Å². The van der Waals surface area contributed by atoms with Crippen LogP contribution in [0.1, 0.15) is 71.6 Å². The van der Waals surface area contributed by atoms with Crippen molar-refractivity contribution in [3.8, 4) is 5.75 Å². The summed E-state index contributed by atoms with van der Waals surface area (Å²) in [6.07, 6.45) is 6.68. The van der Waals surface area contributed by atoms with E-state index in [-0.39, 0.29) is 11.9 Å². The highest BCUT2D eigenvalue weighted by molar-refractivity contribution is 5.94. The molecule has 4 aromatic rings. The van der Waals surface area contributed by atoms with Gasteiger partial charge in [-0.25, -0.2) is 0 Å². The minimum Gasteiger partial charge on any atom is -0.489 e. The van der Waals surface area contributed by atoms with Gasteiger partial charge in [0.1, 0.15) is 12.4 Å². The van der Waals surface area contributed by atoms with Gasteiger partial charge in [0.15, 0.2) is 0 Å². The van der Waals surface area contributed by atoms with E-state index in [2.05, 4.69) is 119 Å². The molecule has 0 N–H and O–H groups in total. The summed E-state index contributed by atoms with van der Waals surface area (Å²) in [5.74, 6) is 1.04. The molecule has 2 saturated heterocycles. The number of ether oxygens (including phenoxy) is 1. The first-order valence-corrected chi connectivity index (χ1v) is 18.4. The highest BCUT2D eigenvalue weighted by Gasteiger charge is 2.29. The third kappa shape index (κ3) is 9.96. The first-order chi connectivity index (χ1) is 24.0. The number of rotatable bonds is 14. The molecule has 2 aliphatic rings. The summed E-state index contributed by atoms with van der Waals surface area (Å²) < 4.78 is 6.00. The number of benzene rings is 4. The van der Waals surface area contributed by atoms with Gasteiger partial charge >= 0.3 is 0 Å². The van der Waals surface area contributed by atoms with Crippen molar-refractivity contribution in [1.29, 1.82) is 0 Å². The molecule has 2 fully saturated rings. The lowest BCUT2D eigenvalue weighted by atomic mass is 9.99. The number of anilines is 1. The lowest BCUT2D eigenvalue weighted by Crippen LogP contribution is -2.47. The number of hydrogen-bond acceptors (Lipinski definition) is 5. The zero-order chi connectivity index (χ0) is 33.8. The fourth-order valence-electron chi connectivity index (χ4n) is 7.08. The van der Waals surface area contributed by atoms with E-state index < -0.39 is 0 Å². The Kier molecular flexibility index (Phi) is 12.4. The van der Waals surface area contributed by atoms with E-state index in [0.717, 1.165) is 76.4 Å². The smallest absolute Gasteiger partial charge is 0.254 e. The average molecular weight is 659 g/mol. The predicted molar refractivity (Wildman–Crippen MR) is 201 cm³/mol. The van der Waals surface area contributed by atoms with Crippen molar-refractivity contribution in [3.63, 3.8) is 0 Å². The van der Waals surface area contributed by atoms with Crippen LogP contribution in [0.2, 0.25) is 0 Å². The monoisotopic (exact) mass is 658 g/mol. The quantitative estimate of drug-likeness (QED) is 0.128. The van der Waals surface area contributed by atoms with Crippen LogP contribution in [0.5, 0.6) is 5.75 Å². The fourth-order valence-corrected chi connectivity index (χ4v) is 7.08. The molecule has 6 nitrogen and oxygen atoms in total. The number of amides is 1. The van der Waals surface area contributed by atoms with Crippen molar-refractivity contribution in [2.24, 2.45) is 0 Å². The Bertz CT molecular complexity index is 1560. The van der Waals surface area contributed by atoms with Gasteiger partial charge < -0.3 is 19.4 Å². The molecule has 0 aliphatic carbocycles.